The summed E-state index contributed by atoms with van der Waals surface area (Å²) in [5.41, 5.74) is 1.53. The van der Waals surface area contributed by atoms with Crippen LogP contribution in [0.5, 0.6) is 0 Å². The number of aromatic nitrogens is 1. The molecule has 0 saturated carbocycles. The van der Waals surface area contributed by atoms with Gasteiger partial charge in [0.25, 0.3) is 5.91 Å². The summed E-state index contributed by atoms with van der Waals surface area (Å²) in [7, 11) is 0. The second-order valence-electron chi connectivity index (χ2n) is 5.88. The number of halogens is 1. The normalized spacial score (nSPS) is 17.8. The monoisotopic (exact) mass is 329 g/mol. The number of nitrogens with zero attached hydrogens (tertiary/aromatic N) is 2. The van der Waals surface area contributed by atoms with Crippen LogP contribution in [0, 0.1) is 6.92 Å². The van der Waals surface area contributed by atoms with Crippen molar-refractivity contribution in [2.24, 2.45) is 0 Å². The van der Waals surface area contributed by atoms with Crippen LogP contribution in [-0.2, 0) is 0 Å². The van der Waals surface area contributed by atoms with Crippen LogP contribution >= 0.6 is 11.6 Å². The summed E-state index contributed by atoms with van der Waals surface area (Å²) in [4.78, 5) is 19.2. The van der Waals surface area contributed by atoms with Crippen LogP contribution in [0.15, 0.2) is 42.5 Å². The lowest BCUT2D eigenvalue weighted by Gasteiger charge is -2.34. The fraction of sp³-hybridized carbons (Fsp3) is 0.333. The molecular weight excluding hydrogens is 310 g/mol. The third-order valence-electron chi connectivity index (χ3n) is 4.07. The second kappa shape index (κ2) is 7.01. The van der Waals surface area contributed by atoms with Crippen molar-refractivity contribution in [2.45, 2.75) is 25.8 Å². The molecule has 1 aromatic carbocycles. The van der Waals surface area contributed by atoms with Gasteiger partial charge in [-0.25, -0.2) is 4.98 Å². The SMILES string of the molecule is Cc1cccc(N2CCC[C@@H](NC(=O)c3ccccc3Cl)C2)n1. The van der Waals surface area contributed by atoms with E-state index in [1.807, 2.05) is 37.3 Å². The third kappa shape index (κ3) is 3.82. The minimum atomic E-state index is -0.111. The van der Waals surface area contributed by atoms with E-state index in [0.717, 1.165) is 37.4 Å². The van der Waals surface area contributed by atoms with Gasteiger partial charge in [-0.15, -0.1) is 0 Å². The number of hydrogen-bond acceptors (Lipinski definition) is 3. The van der Waals surface area contributed by atoms with Crippen molar-refractivity contribution in [3.63, 3.8) is 0 Å². The number of pyridine rings is 1. The zero-order valence-corrected chi connectivity index (χ0v) is 13.9. The van der Waals surface area contributed by atoms with Gasteiger partial charge < -0.3 is 10.2 Å². The first-order valence-corrected chi connectivity index (χ1v) is 8.25. The number of nitrogens with one attached hydrogen (secondary N) is 1. The molecule has 4 nitrogen and oxygen atoms in total. The van der Waals surface area contributed by atoms with Crippen LogP contribution in [0.1, 0.15) is 28.9 Å². The molecule has 1 aliphatic heterocycles. The quantitative estimate of drug-likeness (QED) is 0.938. The maximum atomic E-state index is 12.4. The maximum Gasteiger partial charge on any atom is 0.253 e. The molecule has 23 heavy (non-hydrogen) atoms. The minimum Gasteiger partial charge on any atom is -0.355 e. The van der Waals surface area contributed by atoms with Crippen molar-refractivity contribution in [1.29, 1.82) is 0 Å². The molecule has 2 aromatic rings. The number of piperidine rings is 1. The summed E-state index contributed by atoms with van der Waals surface area (Å²) >= 11 is 6.10. The molecule has 0 aliphatic carbocycles. The average Bonchev–Trinajstić information content (AvgIpc) is 2.55. The van der Waals surface area contributed by atoms with E-state index < -0.39 is 0 Å². The van der Waals surface area contributed by atoms with Crippen LogP contribution in [0.25, 0.3) is 0 Å². The van der Waals surface area contributed by atoms with E-state index in [2.05, 4.69) is 15.2 Å². The molecule has 1 aromatic heterocycles. The van der Waals surface area contributed by atoms with Crippen LogP contribution in [0.3, 0.4) is 0 Å². The first kappa shape index (κ1) is 15.8. The van der Waals surface area contributed by atoms with E-state index in [4.69, 9.17) is 11.6 Å². The lowest BCUT2D eigenvalue weighted by molar-refractivity contribution is 0.0933. The summed E-state index contributed by atoms with van der Waals surface area (Å²) in [6, 6.07) is 13.3. The van der Waals surface area contributed by atoms with E-state index >= 15 is 0 Å². The van der Waals surface area contributed by atoms with E-state index in [-0.39, 0.29) is 11.9 Å². The van der Waals surface area contributed by atoms with Gasteiger partial charge in [-0.1, -0.05) is 29.8 Å². The highest BCUT2D eigenvalue weighted by atomic mass is 35.5. The molecule has 120 valence electrons. The average molecular weight is 330 g/mol. The lowest BCUT2D eigenvalue weighted by atomic mass is 10.0. The molecule has 0 spiro atoms. The first-order chi connectivity index (χ1) is 11.1. The van der Waals surface area contributed by atoms with E-state index in [1.165, 1.54) is 0 Å². The van der Waals surface area contributed by atoms with E-state index in [0.29, 0.717) is 10.6 Å². The Balaban J connectivity index is 1.67. The van der Waals surface area contributed by atoms with Gasteiger partial charge in [0.15, 0.2) is 0 Å². The lowest BCUT2D eigenvalue weighted by Crippen LogP contribution is -2.48. The molecule has 0 bridgehead atoms. The van der Waals surface area contributed by atoms with Crippen molar-refractivity contribution in [3.8, 4) is 0 Å². The number of carbonyl (C=O) groups is 1. The third-order valence-corrected chi connectivity index (χ3v) is 4.40. The summed E-state index contributed by atoms with van der Waals surface area (Å²) in [5.74, 6) is 0.862. The van der Waals surface area contributed by atoms with Gasteiger partial charge in [-0.2, -0.15) is 0 Å². The van der Waals surface area contributed by atoms with Crippen molar-refractivity contribution in [2.75, 3.05) is 18.0 Å². The Labute approximate surface area is 141 Å². The van der Waals surface area contributed by atoms with Gasteiger partial charge in [0, 0.05) is 24.8 Å². The summed E-state index contributed by atoms with van der Waals surface area (Å²) < 4.78 is 0. The molecule has 1 atom stereocenters. The van der Waals surface area contributed by atoms with Gasteiger partial charge in [0.2, 0.25) is 0 Å². The molecule has 1 aliphatic rings. The van der Waals surface area contributed by atoms with Crippen molar-refractivity contribution in [1.82, 2.24) is 10.3 Å². The Morgan fingerprint density at radius 1 is 1.26 bits per heavy atom. The number of carbonyl (C=O) groups excluding carboxylic acids is 1. The Morgan fingerprint density at radius 2 is 2.09 bits per heavy atom. The Bertz CT molecular complexity index is 704. The first-order valence-electron chi connectivity index (χ1n) is 7.87. The molecule has 0 unspecified atom stereocenters. The highest BCUT2D eigenvalue weighted by Gasteiger charge is 2.23. The number of amides is 1. The molecular formula is C18H20ClN3O. The molecule has 1 saturated heterocycles. The topological polar surface area (TPSA) is 45.2 Å². The number of rotatable bonds is 3. The van der Waals surface area contributed by atoms with Crippen LogP contribution < -0.4 is 10.2 Å². The minimum absolute atomic E-state index is 0.106. The second-order valence-corrected chi connectivity index (χ2v) is 6.28. The molecule has 1 amide bonds. The molecule has 5 heteroatoms. The van der Waals surface area contributed by atoms with Crippen molar-refractivity contribution in [3.05, 3.63) is 58.7 Å². The predicted octanol–water partition coefficient (Wildman–Crippen LogP) is 3.44. The number of benzene rings is 1. The van der Waals surface area contributed by atoms with Crippen molar-refractivity contribution < 1.29 is 4.79 Å². The van der Waals surface area contributed by atoms with E-state index in [1.54, 1.807) is 12.1 Å². The summed E-state index contributed by atoms with van der Waals surface area (Å²) in [5, 5.41) is 3.58. The fourth-order valence-corrected chi connectivity index (χ4v) is 3.14. The standard InChI is InChI=1S/C18H20ClN3O/c1-13-6-4-10-17(20-13)22-11-5-7-14(12-22)21-18(23)15-8-2-3-9-16(15)19/h2-4,6,8-10,14H,5,7,11-12H2,1H3,(H,21,23)/t14-/m1/s1. The van der Waals surface area contributed by atoms with Crippen LogP contribution in [0.4, 0.5) is 5.82 Å². The van der Waals surface area contributed by atoms with Gasteiger partial charge in [-0.05, 0) is 44.0 Å². The van der Waals surface area contributed by atoms with Crippen LogP contribution in [-0.4, -0.2) is 30.0 Å². The number of hydrogen-bond donors (Lipinski definition) is 1. The zero-order valence-electron chi connectivity index (χ0n) is 13.1. The van der Waals surface area contributed by atoms with Gasteiger partial charge in [-0.3, -0.25) is 4.79 Å². The number of aryl methyl sites for hydroxylation is 1. The Morgan fingerprint density at radius 3 is 2.87 bits per heavy atom. The van der Waals surface area contributed by atoms with Gasteiger partial charge in [0.05, 0.1) is 10.6 Å². The van der Waals surface area contributed by atoms with Gasteiger partial charge >= 0.3 is 0 Å². The highest BCUT2D eigenvalue weighted by molar-refractivity contribution is 6.33. The maximum absolute atomic E-state index is 12.4. The summed E-state index contributed by atoms with van der Waals surface area (Å²) in [6.07, 6.45) is 2.00. The molecule has 0 radical (unpaired) electrons. The smallest absolute Gasteiger partial charge is 0.253 e. The largest absolute Gasteiger partial charge is 0.355 e. The van der Waals surface area contributed by atoms with Crippen molar-refractivity contribution >= 4 is 23.3 Å². The molecule has 1 N–H and O–H groups in total. The molecule has 1 fully saturated rings. The molecule has 3 rings (SSSR count). The van der Waals surface area contributed by atoms with Crippen LogP contribution in [0.2, 0.25) is 5.02 Å². The highest BCUT2D eigenvalue weighted by Crippen LogP contribution is 2.19. The zero-order chi connectivity index (χ0) is 16.2. The number of anilines is 1. The predicted molar refractivity (Wildman–Crippen MR) is 93.1 cm³/mol. The Hall–Kier alpha value is -2.07. The summed E-state index contributed by atoms with van der Waals surface area (Å²) in [6.45, 7) is 3.73. The van der Waals surface area contributed by atoms with Gasteiger partial charge in [0.1, 0.15) is 5.82 Å². The van der Waals surface area contributed by atoms with E-state index in [9.17, 15) is 4.79 Å². The Kier molecular flexibility index (Phi) is 4.82. The molecule has 2 heterocycles. The fourth-order valence-electron chi connectivity index (χ4n) is 2.92.